The molecular formula is C26H28Cl4N2O3. The Bertz CT molecular complexity index is 1100. The fourth-order valence-corrected chi connectivity index (χ4v) is 5.22. The summed E-state index contributed by atoms with van der Waals surface area (Å²) in [5.74, 6) is 0. The molecule has 1 aromatic heterocycles. The first-order chi connectivity index (χ1) is 16.9. The van der Waals surface area contributed by atoms with Crippen LogP contribution in [0.1, 0.15) is 43.4 Å². The molecule has 1 aliphatic rings. The molecule has 0 radical (unpaired) electrons. The van der Waals surface area contributed by atoms with Gasteiger partial charge in [-0.25, -0.2) is 4.98 Å². The Labute approximate surface area is 226 Å². The van der Waals surface area contributed by atoms with E-state index < -0.39 is 0 Å². The molecule has 3 aromatic rings. The fraction of sp³-hybridized carbons (Fsp3) is 0.423. The molecule has 4 unspecified atom stereocenters. The van der Waals surface area contributed by atoms with Gasteiger partial charge in [0.15, 0.2) is 6.29 Å². The van der Waals surface area contributed by atoms with Gasteiger partial charge in [0.25, 0.3) is 0 Å². The third kappa shape index (κ3) is 7.83. The van der Waals surface area contributed by atoms with Crippen LogP contribution in [0.15, 0.2) is 55.1 Å². The second-order valence-corrected chi connectivity index (χ2v) is 10.4. The average molecular weight is 558 g/mol. The molecule has 0 N–H and O–H groups in total. The van der Waals surface area contributed by atoms with Crippen molar-refractivity contribution in [3.8, 4) is 0 Å². The van der Waals surface area contributed by atoms with E-state index in [1.54, 1.807) is 24.7 Å². The molecule has 35 heavy (non-hydrogen) atoms. The molecule has 5 nitrogen and oxygen atoms in total. The molecule has 0 spiro atoms. The Balaban J connectivity index is 1.34. The number of aromatic nitrogens is 2. The Hall–Kier alpha value is -1.31. The van der Waals surface area contributed by atoms with E-state index in [-0.39, 0.29) is 24.6 Å². The second kappa shape index (κ2) is 12.8. The molecule has 2 aromatic carbocycles. The lowest BCUT2D eigenvalue weighted by molar-refractivity contribution is -0.223. The van der Waals surface area contributed by atoms with Crippen LogP contribution in [0.25, 0.3) is 0 Å². The minimum atomic E-state index is -0.287. The summed E-state index contributed by atoms with van der Waals surface area (Å²) in [6.45, 7) is 3.03. The summed E-state index contributed by atoms with van der Waals surface area (Å²) in [7, 11) is 0. The molecule has 4 atom stereocenters. The van der Waals surface area contributed by atoms with Gasteiger partial charge in [-0.3, -0.25) is 0 Å². The molecule has 1 aliphatic heterocycles. The number of benzene rings is 2. The summed E-state index contributed by atoms with van der Waals surface area (Å²) < 4.78 is 20.8. The number of halogens is 4. The Morgan fingerprint density at radius 3 is 2.54 bits per heavy atom. The second-order valence-electron chi connectivity index (χ2n) is 8.75. The monoisotopic (exact) mass is 556 g/mol. The molecule has 2 heterocycles. The predicted molar refractivity (Wildman–Crippen MR) is 141 cm³/mol. The first-order valence-electron chi connectivity index (χ1n) is 11.6. The van der Waals surface area contributed by atoms with Crippen molar-refractivity contribution in [2.45, 2.75) is 63.8 Å². The van der Waals surface area contributed by atoms with Crippen molar-refractivity contribution < 1.29 is 14.2 Å². The van der Waals surface area contributed by atoms with E-state index in [0.717, 1.165) is 30.4 Å². The topological polar surface area (TPSA) is 45.5 Å². The molecular weight excluding hydrogens is 530 g/mol. The van der Waals surface area contributed by atoms with Gasteiger partial charge in [0.2, 0.25) is 0 Å². The van der Waals surface area contributed by atoms with Gasteiger partial charge in [-0.05, 0) is 62.4 Å². The van der Waals surface area contributed by atoms with Crippen molar-refractivity contribution in [3.63, 3.8) is 0 Å². The van der Waals surface area contributed by atoms with Crippen molar-refractivity contribution >= 4 is 46.4 Å². The van der Waals surface area contributed by atoms with Crippen LogP contribution < -0.4 is 0 Å². The third-order valence-corrected chi connectivity index (χ3v) is 7.09. The number of imidazole rings is 1. The van der Waals surface area contributed by atoms with Gasteiger partial charge in [-0.1, -0.05) is 58.5 Å². The van der Waals surface area contributed by atoms with Gasteiger partial charge < -0.3 is 18.8 Å². The van der Waals surface area contributed by atoms with Crippen molar-refractivity contribution in [3.05, 3.63) is 86.3 Å². The van der Waals surface area contributed by atoms with Crippen molar-refractivity contribution in [1.29, 1.82) is 0 Å². The zero-order valence-corrected chi connectivity index (χ0v) is 22.4. The highest BCUT2D eigenvalue weighted by Crippen LogP contribution is 2.31. The Morgan fingerprint density at radius 1 is 1.06 bits per heavy atom. The molecule has 1 fully saturated rings. The minimum absolute atomic E-state index is 0.0554. The first kappa shape index (κ1) is 26.7. The summed E-state index contributed by atoms with van der Waals surface area (Å²) in [5, 5.41) is 2.43. The number of ether oxygens (including phenoxy) is 3. The zero-order chi connectivity index (χ0) is 24.8. The van der Waals surface area contributed by atoms with E-state index in [4.69, 9.17) is 60.6 Å². The van der Waals surface area contributed by atoms with E-state index in [1.165, 1.54) is 0 Å². The quantitative estimate of drug-likeness (QED) is 0.255. The van der Waals surface area contributed by atoms with E-state index in [2.05, 4.69) is 4.98 Å². The van der Waals surface area contributed by atoms with Crippen LogP contribution in [-0.4, -0.2) is 34.7 Å². The van der Waals surface area contributed by atoms with Crippen LogP contribution >= 0.6 is 46.4 Å². The predicted octanol–water partition coefficient (Wildman–Crippen LogP) is 7.80. The van der Waals surface area contributed by atoms with Crippen LogP contribution in [0.5, 0.6) is 0 Å². The Morgan fingerprint density at radius 2 is 1.83 bits per heavy atom. The van der Waals surface area contributed by atoms with Crippen LogP contribution in [0, 0.1) is 0 Å². The van der Waals surface area contributed by atoms with Gasteiger partial charge >= 0.3 is 0 Å². The highest BCUT2D eigenvalue weighted by Gasteiger charge is 2.27. The lowest BCUT2D eigenvalue weighted by Crippen LogP contribution is -2.35. The van der Waals surface area contributed by atoms with Crippen LogP contribution in [0.3, 0.4) is 0 Å². The summed E-state index contributed by atoms with van der Waals surface area (Å²) in [6.07, 6.45) is 8.14. The molecule has 0 amide bonds. The number of hydrogen-bond donors (Lipinski definition) is 0. The standard InChI is InChI=1S/C26H28Cl4N2O3/c1-17(11-18-5-6-19(27)12-23(18)29)34-26-4-2-3-21(35-26)15-33-25(14-32-10-9-31-16-32)22-8-7-20(28)13-24(22)30/h5-10,12-13,16-17,21,25-26H,2-4,11,14-15H2,1H3. The van der Waals surface area contributed by atoms with Crippen molar-refractivity contribution in [2.75, 3.05) is 6.61 Å². The van der Waals surface area contributed by atoms with Gasteiger partial charge in [-0.2, -0.15) is 0 Å². The zero-order valence-electron chi connectivity index (χ0n) is 19.4. The smallest absolute Gasteiger partial charge is 0.158 e. The van der Waals surface area contributed by atoms with Crippen LogP contribution in [-0.2, 0) is 27.2 Å². The average Bonchev–Trinajstić information content (AvgIpc) is 3.32. The maximum atomic E-state index is 6.50. The molecule has 9 heteroatoms. The maximum absolute atomic E-state index is 6.50. The summed E-state index contributed by atoms with van der Waals surface area (Å²) >= 11 is 24.9. The largest absolute Gasteiger partial charge is 0.369 e. The maximum Gasteiger partial charge on any atom is 0.158 e. The summed E-state index contributed by atoms with van der Waals surface area (Å²) in [6, 6.07) is 11.0. The number of hydrogen-bond acceptors (Lipinski definition) is 4. The fourth-order valence-electron chi connectivity index (χ4n) is 4.20. The highest BCUT2D eigenvalue weighted by atomic mass is 35.5. The summed E-state index contributed by atoms with van der Waals surface area (Å²) in [4.78, 5) is 4.13. The number of rotatable bonds is 10. The number of nitrogens with zero attached hydrogens (tertiary/aromatic N) is 2. The minimum Gasteiger partial charge on any atom is -0.369 e. The van der Waals surface area contributed by atoms with E-state index in [1.807, 2.05) is 42.0 Å². The molecule has 0 saturated carbocycles. The normalized spacial score (nSPS) is 20.0. The van der Waals surface area contributed by atoms with E-state index in [0.29, 0.717) is 39.7 Å². The summed E-state index contributed by atoms with van der Waals surface area (Å²) in [5.41, 5.74) is 1.88. The highest BCUT2D eigenvalue weighted by molar-refractivity contribution is 6.35. The Kier molecular flexibility index (Phi) is 9.76. The molecule has 188 valence electrons. The lowest BCUT2D eigenvalue weighted by atomic mass is 10.1. The molecule has 0 aliphatic carbocycles. The van der Waals surface area contributed by atoms with E-state index in [9.17, 15) is 0 Å². The molecule has 0 bridgehead atoms. The van der Waals surface area contributed by atoms with Crippen molar-refractivity contribution in [2.24, 2.45) is 0 Å². The molecule has 4 rings (SSSR count). The van der Waals surface area contributed by atoms with Crippen LogP contribution in [0.2, 0.25) is 20.1 Å². The van der Waals surface area contributed by atoms with Gasteiger partial charge in [-0.15, -0.1) is 0 Å². The van der Waals surface area contributed by atoms with Gasteiger partial charge in [0.1, 0.15) is 6.10 Å². The van der Waals surface area contributed by atoms with Crippen molar-refractivity contribution in [1.82, 2.24) is 9.55 Å². The third-order valence-electron chi connectivity index (χ3n) is 5.95. The van der Waals surface area contributed by atoms with Gasteiger partial charge in [0.05, 0.1) is 31.7 Å². The van der Waals surface area contributed by atoms with Crippen LogP contribution in [0.4, 0.5) is 0 Å². The SMILES string of the molecule is CC(Cc1ccc(Cl)cc1Cl)OC1CCCC(COC(Cn2ccnc2)c2ccc(Cl)cc2Cl)O1. The molecule has 1 saturated heterocycles. The lowest BCUT2D eigenvalue weighted by Gasteiger charge is -2.32. The first-order valence-corrected chi connectivity index (χ1v) is 13.2. The van der Waals surface area contributed by atoms with E-state index >= 15 is 0 Å². The van der Waals surface area contributed by atoms with Gasteiger partial charge in [0, 0.05) is 38.0 Å².